The molecule has 0 spiro atoms. The number of hydrogen-bond donors (Lipinski definition) is 1. The van der Waals surface area contributed by atoms with Crippen molar-refractivity contribution in [3.8, 4) is 22.6 Å². The lowest BCUT2D eigenvalue weighted by molar-refractivity contribution is -0.141. The monoisotopic (exact) mass is 643 g/mol. The standard InChI is InChI=1S/C39H41N5O4/c1-39(2,3)40-38(46)37-32-12-7-11-31(24-32)30-15-19-35(20-16-30)48-27-33-26-43(42-41-33)21-8-22-47-34-17-13-28(14-18-34)23-36(45)44(37)25-29-9-5-4-6-10-29/h4-7,9-20,24,26,37H,8,21-23,25,27H2,1-3H3,(H,40,46). The topological polar surface area (TPSA) is 98.6 Å². The van der Waals surface area contributed by atoms with E-state index in [0.717, 1.165) is 45.7 Å². The fraction of sp³-hybridized carbons (Fsp3) is 0.282. The molecule has 0 aliphatic carbocycles. The molecule has 5 aromatic rings. The summed E-state index contributed by atoms with van der Waals surface area (Å²) < 4.78 is 13.8. The molecule has 0 saturated heterocycles. The zero-order valence-electron chi connectivity index (χ0n) is 27.6. The van der Waals surface area contributed by atoms with Gasteiger partial charge in [-0.3, -0.25) is 14.3 Å². The Morgan fingerprint density at radius 3 is 2.35 bits per heavy atom. The van der Waals surface area contributed by atoms with Crippen molar-refractivity contribution >= 4 is 11.8 Å². The lowest BCUT2D eigenvalue weighted by Crippen LogP contribution is -2.49. The van der Waals surface area contributed by atoms with Crippen molar-refractivity contribution in [2.75, 3.05) is 6.61 Å². The van der Waals surface area contributed by atoms with Gasteiger partial charge >= 0.3 is 0 Å². The third-order valence-corrected chi connectivity index (χ3v) is 8.02. The van der Waals surface area contributed by atoms with Crippen LogP contribution in [0, 0.1) is 0 Å². The highest BCUT2D eigenvalue weighted by atomic mass is 16.5. The van der Waals surface area contributed by atoms with Gasteiger partial charge < -0.3 is 19.7 Å². The summed E-state index contributed by atoms with van der Waals surface area (Å²) in [5.41, 5.74) is 4.61. The van der Waals surface area contributed by atoms with Crippen LogP contribution in [0.3, 0.4) is 0 Å². The average molecular weight is 644 g/mol. The Morgan fingerprint density at radius 2 is 1.60 bits per heavy atom. The van der Waals surface area contributed by atoms with Gasteiger partial charge in [0, 0.05) is 25.0 Å². The van der Waals surface area contributed by atoms with Crippen LogP contribution in [0.4, 0.5) is 0 Å². The summed E-state index contributed by atoms with van der Waals surface area (Å²) in [5.74, 6) is 1.03. The summed E-state index contributed by atoms with van der Waals surface area (Å²) in [6.07, 6.45) is 2.76. The number of benzene rings is 4. The predicted octanol–water partition coefficient (Wildman–Crippen LogP) is 6.53. The maximum Gasteiger partial charge on any atom is 0.247 e. The molecule has 9 heteroatoms. The minimum Gasteiger partial charge on any atom is -0.494 e. The van der Waals surface area contributed by atoms with E-state index in [1.807, 2.05) is 130 Å². The molecule has 1 N–H and O–H groups in total. The molecule has 5 heterocycles. The largest absolute Gasteiger partial charge is 0.494 e. The molecule has 0 radical (unpaired) electrons. The van der Waals surface area contributed by atoms with Crippen LogP contribution < -0.4 is 14.8 Å². The SMILES string of the molecule is CC(C)(C)NC(=O)C1c2cccc(c2)-c2ccc(cc2)OCc2cn(nn2)CCCOc2ccc(cc2)CC(=O)N1Cc1ccccc1. The van der Waals surface area contributed by atoms with Crippen LogP contribution in [0.25, 0.3) is 11.1 Å². The molecule has 4 aliphatic rings. The molecule has 246 valence electrons. The number of hydrogen-bond acceptors (Lipinski definition) is 6. The van der Waals surface area contributed by atoms with E-state index in [-0.39, 0.29) is 24.8 Å². The Labute approximate surface area is 281 Å². The molecule has 4 aromatic carbocycles. The fourth-order valence-corrected chi connectivity index (χ4v) is 5.71. The number of nitrogens with one attached hydrogen (secondary N) is 1. The molecule has 8 bridgehead atoms. The van der Waals surface area contributed by atoms with Gasteiger partial charge in [-0.25, -0.2) is 0 Å². The second-order valence-corrected chi connectivity index (χ2v) is 13.1. The van der Waals surface area contributed by atoms with Crippen LogP contribution in [0.15, 0.2) is 109 Å². The Morgan fingerprint density at radius 1 is 0.875 bits per heavy atom. The molecular formula is C39H41N5O4. The van der Waals surface area contributed by atoms with E-state index in [9.17, 15) is 9.59 Å². The first-order valence-corrected chi connectivity index (χ1v) is 16.3. The third-order valence-electron chi connectivity index (χ3n) is 8.02. The number of carbonyl (C=O) groups excluding carboxylic acids is 2. The molecule has 9 nitrogen and oxygen atoms in total. The summed E-state index contributed by atoms with van der Waals surface area (Å²) in [4.78, 5) is 30.2. The second-order valence-electron chi connectivity index (χ2n) is 13.1. The van der Waals surface area contributed by atoms with Gasteiger partial charge in [-0.1, -0.05) is 78.0 Å². The Hall–Kier alpha value is -5.44. The quantitative estimate of drug-likeness (QED) is 0.240. The average Bonchev–Trinajstić information content (AvgIpc) is 3.53. The molecule has 9 rings (SSSR count). The number of aryl methyl sites for hydroxylation is 1. The van der Waals surface area contributed by atoms with Gasteiger partial charge in [-0.05, 0) is 78.9 Å². The molecule has 2 amide bonds. The van der Waals surface area contributed by atoms with Crippen molar-refractivity contribution in [3.05, 3.63) is 132 Å². The van der Waals surface area contributed by atoms with Crippen LogP contribution >= 0.6 is 0 Å². The van der Waals surface area contributed by atoms with E-state index in [2.05, 4.69) is 15.6 Å². The highest BCUT2D eigenvalue weighted by Gasteiger charge is 2.33. The zero-order valence-corrected chi connectivity index (χ0v) is 27.6. The van der Waals surface area contributed by atoms with Crippen molar-refractivity contribution < 1.29 is 19.1 Å². The van der Waals surface area contributed by atoms with Gasteiger partial charge in [0.2, 0.25) is 11.8 Å². The first-order chi connectivity index (χ1) is 23.2. The molecule has 1 unspecified atom stereocenters. The van der Waals surface area contributed by atoms with Crippen molar-refractivity contribution in [2.45, 2.75) is 64.9 Å². The molecule has 48 heavy (non-hydrogen) atoms. The van der Waals surface area contributed by atoms with E-state index in [1.165, 1.54) is 0 Å². The van der Waals surface area contributed by atoms with Gasteiger partial charge in [0.15, 0.2) is 0 Å². The Bertz CT molecular complexity index is 1830. The van der Waals surface area contributed by atoms with Gasteiger partial charge in [-0.2, -0.15) is 0 Å². The molecule has 1 atom stereocenters. The number of rotatable bonds is 3. The van der Waals surface area contributed by atoms with Gasteiger partial charge in [0.1, 0.15) is 29.8 Å². The predicted molar refractivity (Wildman–Crippen MR) is 184 cm³/mol. The van der Waals surface area contributed by atoms with E-state index in [0.29, 0.717) is 25.5 Å². The minimum atomic E-state index is -0.874. The van der Waals surface area contributed by atoms with Gasteiger partial charge in [0.25, 0.3) is 0 Å². The minimum absolute atomic E-state index is 0.127. The van der Waals surface area contributed by atoms with Crippen LogP contribution in [0.5, 0.6) is 11.5 Å². The first-order valence-electron chi connectivity index (χ1n) is 16.3. The first kappa shape index (κ1) is 32.5. The van der Waals surface area contributed by atoms with Crippen molar-refractivity contribution in [1.82, 2.24) is 25.2 Å². The van der Waals surface area contributed by atoms with Crippen molar-refractivity contribution in [1.29, 1.82) is 0 Å². The van der Waals surface area contributed by atoms with Gasteiger partial charge in [-0.15, -0.1) is 5.10 Å². The smallest absolute Gasteiger partial charge is 0.247 e. The zero-order chi connectivity index (χ0) is 33.5. The summed E-state index contributed by atoms with van der Waals surface area (Å²) >= 11 is 0. The van der Waals surface area contributed by atoms with E-state index in [1.54, 1.807) is 9.58 Å². The molecule has 4 aliphatic heterocycles. The molecule has 0 saturated carbocycles. The summed E-state index contributed by atoms with van der Waals surface area (Å²) in [7, 11) is 0. The number of nitrogens with zero attached hydrogens (tertiary/aromatic N) is 4. The van der Waals surface area contributed by atoms with Crippen LogP contribution in [-0.2, 0) is 35.7 Å². The molecular weight excluding hydrogens is 602 g/mol. The van der Waals surface area contributed by atoms with E-state index < -0.39 is 11.6 Å². The van der Waals surface area contributed by atoms with Crippen molar-refractivity contribution in [2.24, 2.45) is 0 Å². The number of aromatic nitrogens is 3. The fourth-order valence-electron chi connectivity index (χ4n) is 5.71. The Balaban J connectivity index is 1.40. The van der Waals surface area contributed by atoms with Gasteiger partial charge in [0.05, 0.1) is 19.2 Å². The van der Waals surface area contributed by atoms with Crippen molar-refractivity contribution in [3.63, 3.8) is 0 Å². The second kappa shape index (κ2) is 14.5. The Kier molecular flexibility index (Phi) is 9.85. The third kappa shape index (κ3) is 8.47. The maximum absolute atomic E-state index is 14.3. The lowest BCUT2D eigenvalue weighted by atomic mass is 9.96. The number of amides is 2. The lowest BCUT2D eigenvalue weighted by Gasteiger charge is -2.34. The normalized spacial score (nSPS) is 15.7. The molecule has 1 aromatic heterocycles. The van der Waals surface area contributed by atoms with Crippen LogP contribution in [0.1, 0.15) is 55.6 Å². The summed E-state index contributed by atoms with van der Waals surface area (Å²) in [6.45, 7) is 7.57. The summed E-state index contributed by atoms with van der Waals surface area (Å²) in [5, 5.41) is 11.6. The number of ether oxygens (including phenoxy) is 2. The van der Waals surface area contributed by atoms with Crippen LogP contribution in [0.2, 0.25) is 0 Å². The van der Waals surface area contributed by atoms with E-state index in [4.69, 9.17) is 9.47 Å². The van der Waals surface area contributed by atoms with Crippen LogP contribution in [-0.4, -0.2) is 43.9 Å². The van der Waals surface area contributed by atoms with E-state index >= 15 is 0 Å². The summed E-state index contributed by atoms with van der Waals surface area (Å²) in [6, 6.07) is 32.2. The molecule has 0 fully saturated rings. The highest BCUT2D eigenvalue weighted by Crippen LogP contribution is 2.31. The number of carbonyl (C=O) groups is 2. The highest BCUT2D eigenvalue weighted by molar-refractivity contribution is 5.90. The maximum atomic E-state index is 14.3.